The standard InChI is InChI=1S/C12H18N2O2/c1-2-4-11(5-3-6-13)12(15)14-7-9-16-10-8-14/h2-6H,7-10,13H2,1H3/b4-2-,6-3+,11-5+. The Balaban J connectivity index is 2.73. The average molecular weight is 222 g/mol. The summed E-state index contributed by atoms with van der Waals surface area (Å²) in [7, 11) is 0. The largest absolute Gasteiger partial charge is 0.405 e. The molecule has 0 unspecified atom stereocenters. The van der Waals surface area contributed by atoms with Crippen molar-refractivity contribution in [2.24, 2.45) is 5.73 Å². The third-order valence-electron chi connectivity index (χ3n) is 2.28. The molecule has 0 aromatic heterocycles. The summed E-state index contributed by atoms with van der Waals surface area (Å²) in [5, 5.41) is 0. The second kappa shape index (κ2) is 6.85. The smallest absolute Gasteiger partial charge is 0.253 e. The second-order valence-electron chi connectivity index (χ2n) is 3.41. The quantitative estimate of drug-likeness (QED) is 0.568. The molecule has 2 N–H and O–H groups in total. The topological polar surface area (TPSA) is 55.6 Å². The Bertz CT molecular complexity index is 313. The van der Waals surface area contributed by atoms with Gasteiger partial charge in [-0.1, -0.05) is 12.2 Å². The van der Waals surface area contributed by atoms with Crippen molar-refractivity contribution >= 4 is 5.91 Å². The summed E-state index contributed by atoms with van der Waals surface area (Å²) >= 11 is 0. The fourth-order valence-electron chi connectivity index (χ4n) is 1.49. The summed E-state index contributed by atoms with van der Waals surface area (Å²) in [6, 6.07) is 0. The normalized spacial score (nSPS) is 18.6. The summed E-state index contributed by atoms with van der Waals surface area (Å²) in [5.74, 6) is 0.0273. The van der Waals surface area contributed by atoms with E-state index < -0.39 is 0 Å². The van der Waals surface area contributed by atoms with Gasteiger partial charge < -0.3 is 15.4 Å². The number of carbonyl (C=O) groups is 1. The van der Waals surface area contributed by atoms with Crippen LogP contribution in [0.1, 0.15) is 6.92 Å². The summed E-state index contributed by atoms with van der Waals surface area (Å²) in [5.41, 5.74) is 5.90. The zero-order valence-corrected chi connectivity index (χ0v) is 9.56. The Morgan fingerprint density at radius 2 is 2.06 bits per heavy atom. The number of hydrogen-bond acceptors (Lipinski definition) is 3. The summed E-state index contributed by atoms with van der Waals surface area (Å²) in [6.45, 7) is 4.41. The first-order valence-electron chi connectivity index (χ1n) is 5.38. The SMILES string of the molecule is C\C=C/C(=C\C=C\N)C(=O)N1CCOCC1. The molecular weight excluding hydrogens is 204 g/mol. The van der Waals surface area contributed by atoms with Gasteiger partial charge >= 0.3 is 0 Å². The van der Waals surface area contributed by atoms with Gasteiger partial charge in [0.1, 0.15) is 0 Å². The lowest BCUT2D eigenvalue weighted by Crippen LogP contribution is -2.41. The van der Waals surface area contributed by atoms with Crippen LogP contribution in [0.15, 0.2) is 36.1 Å². The van der Waals surface area contributed by atoms with E-state index in [4.69, 9.17) is 10.5 Å². The van der Waals surface area contributed by atoms with E-state index in [0.29, 0.717) is 31.9 Å². The molecule has 1 fully saturated rings. The molecule has 1 aliphatic rings. The van der Waals surface area contributed by atoms with Gasteiger partial charge in [-0.25, -0.2) is 0 Å². The zero-order chi connectivity index (χ0) is 11.8. The van der Waals surface area contributed by atoms with Crippen molar-refractivity contribution in [1.29, 1.82) is 0 Å². The number of carbonyl (C=O) groups excluding carboxylic acids is 1. The second-order valence-corrected chi connectivity index (χ2v) is 3.41. The maximum atomic E-state index is 12.1. The van der Waals surface area contributed by atoms with Gasteiger partial charge in [0.2, 0.25) is 0 Å². The number of amides is 1. The maximum absolute atomic E-state index is 12.1. The molecule has 0 spiro atoms. The highest BCUT2D eigenvalue weighted by Gasteiger charge is 2.18. The fraction of sp³-hybridized carbons (Fsp3) is 0.417. The molecule has 0 aromatic carbocycles. The Labute approximate surface area is 96.1 Å². The van der Waals surface area contributed by atoms with Crippen molar-refractivity contribution in [2.75, 3.05) is 26.3 Å². The molecule has 1 rings (SSSR count). The molecule has 0 aromatic rings. The Morgan fingerprint density at radius 1 is 1.38 bits per heavy atom. The molecule has 88 valence electrons. The molecular formula is C12H18N2O2. The third-order valence-corrected chi connectivity index (χ3v) is 2.28. The van der Waals surface area contributed by atoms with E-state index >= 15 is 0 Å². The van der Waals surface area contributed by atoms with Crippen LogP contribution in [-0.4, -0.2) is 37.1 Å². The van der Waals surface area contributed by atoms with Crippen LogP contribution in [0.5, 0.6) is 0 Å². The number of nitrogens with zero attached hydrogens (tertiary/aromatic N) is 1. The number of ether oxygens (including phenoxy) is 1. The van der Waals surface area contributed by atoms with Gasteiger partial charge in [-0.3, -0.25) is 4.79 Å². The molecule has 1 aliphatic heterocycles. The molecule has 0 aliphatic carbocycles. The first-order valence-corrected chi connectivity index (χ1v) is 5.38. The van der Waals surface area contributed by atoms with Crippen LogP contribution in [-0.2, 0) is 9.53 Å². The maximum Gasteiger partial charge on any atom is 0.253 e. The van der Waals surface area contributed by atoms with Gasteiger partial charge in [-0.2, -0.15) is 0 Å². The van der Waals surface area contributed by atoms with Crippen molar-refractivity contribution < 1.29 is 9.53 Å². The highest BCUT2D eigenvalue weighted by Crippen LogP contribution is 2.07. The first kappa shape index (κ1) is 12.5. The summed E-state index contributed by atoms with van der Waals surface area (Å²) in [6.07, 6.45) is 8.42. The first-order chi connectivity index (χ1) is 7.79. The van der Waals surface area contributed by atoms with Gasteiger partial charge in [-0.05, 0) is 25.3 Å². The van der Waals surface area contributed by atoms with Crippen LogP contribution in [0, 0.1) is 0 Å². The molecule has 4 nitrogen and oxygen atoms in total. The van der Waals surface area contributed by atoms with Crippen LogP contribution >= 0.6 is 0 Å². The predicted molar refractivity (Wildman–Crippen MR) is 63.6 cm³/mol. The predicted octanol–water partition coefficient (Wildman–Crippen LogP) is 0.820. The average Bonchev–Trinajstić information content (AvgIpc) is 2.35. The number of rotatable bonds is 3. The minimum atomic E-state index is 0.0273. The Kier molecular flexibility index (Phi) is 5.36. The van der Waals surface area contributed by atoms with E-state index in [1.54, 1.807) is 23.1 Å². The van der Waals surface area contributed by atoms with E-state index in [0.717, 1.165) is 0 Å². The molecule has 1 saturated heterocycles. The van der Waals surface area contributed by atoms with Crippen LogP contribution in [0.4, 0.5) is 0 Å². The van der Waals surface area contributed by atoms with Crippen molar-refractivity contribution in [2.45, 2.75) is 6.92 Å². The minimum Gasteiger partial charge on any atom is -0.405 e. The van der Waals surface area contributed by atoms with E-state index in [-0.39, 0.29) is 5.91 Å². The molecule has 4 heteroatoms. The van der Waals surface area contributed by atoms with Crippen molar-refractivity contribution in [3.05, 3.63) is 36.1 Å². The molecule has 0 radical (unpaired) electrons. The van der Waals surface area contributed by atoms with Gasteiger partial charge in [0.25, 0.3) is 5.91 Å². The van der Waals surface area contributed by atoms with Crippen molar-refractivity contribution in [1.82, 2.24) is 4.90 Å². The number of hydrogen-bond donors (Lipinski definition) is 1. The van der Waals surface area contributed by atoms with E-state index in [9.17, 15) is 4.79 Å². The van der Waals surface area contributed by atoms with E-state index in [2.05, 4.69) is 0 Å². The molecule has 1 heterocycles. The molecule has 0 atom stereocenters. The summed E-state index contributed by atoms with van der Waals surface area (Å²) < 4.78 is 5.21. The third kappa shape index (κ3) is 3.55. The molecule has 0 bridgehead atoms. The molecule has 0 saturated carbocycles. The highest BCUT2D eigenvalue weighted by atomic mass is 16.5. The molecule has 1 amide bonds. The van der Waals surface area contributed by atoms with Gasteiger partial charge in [-0.15, -0.1) is 0 Å². The Hall–Kier alpha value is -1.55. The molecule has 16 heavy (non-hydrogen) atoms. The van der Waals surface area contributed by atoms with Gasteiger partial charge in [0, 0.05) is 18.7 Å². The zero-order valence-electron chi connectivity index (χ0n) is 9.56. The lowest BCUT2D eigenvalue weighted by molar-refractivity contribution is -0.130. The van der Waals surface area contributed by atoms with E-state index in [1.165, 1.54) is 6.20 Å². The van der Waals surface area contributed by atoms with Crippen LogP contribution in [0.25, 0.3) is 0 Å². The van der Waals surface area contributed by atoms with Crippen molar-refractivity contribution in [3.8, 4) is 0 Å². The van der Waals surface area contributed by atoms with Crippen LogP contribution in [0.2, 0.25) is 0 Å². The lowest BCUT2D eigenvalue weighted by Gasteiger charge is -2.27. The summed E-state index contributed by atoms with van der Waals surface area (Å²) in [4.78, 5) is 13.9. The number of allylic oxidation sites excluding steroid dienone is 3. The highest BCUT2D eigenvalue weighted by molar-refractivity contribution is 5.96. The van der Waals surface area contributed by atoms with Crippen LogP contribution in [0.3, 0.4) is 0 Å². The number of morpholine rings is 1. The van der Waals surface area contributed by atoms with Crippen LogP contribution < -0.4 is 5.73 Å². The van der Waals surface area contributed by atoms with Gasteiger partial charge in [0.05, 0.1) is 13.2 Å². The minimum absolute atomic E-state index is 0.0273. The monoisotopic (exact) mass is 222 g/mol. The van der Waals surface area contributed by atoms with Crippen molar-refractivity contribution in [3.63, 3.8) is 0 Å². The van der Waals surface area contributed by atoms with Gasteiger partial charge in [0.15, 0.2) is 0 Å². The number of nitrogens with two attached hydrogens (primary N) is 1. The fourth-order valence-corrected chi connectivity index (χ4v) is 1.49. The Morgan fingerprint density at radius 3 is 2.62 bits per heavy atom. The lowest BCUT2D eigenvalue weighted by atomic mass is 10.2. The van der Waals surface area contributed by atoms with E-state index in [1.807, 2.05) is 13.0 Å².